The molecule has 0 saturated heterocycles. The summed E-state index contributed by atoms with van der Waals surface area (Å²) in [6.45, 7) is 6.39. The average Bonchev–Trinajstić information content (AvgIpc) is 3.35. The van der Waals surface area contributed by atoms with Gasteiger partial charge in [0.05, 0.1) is 24.0 Å². The maximum absolute atomic E-state index is 12.9. The molecular formula is C24H23ClN4O3. The van der Waals surface area contributed by atoms with Gasteiger partial charge in [-0.2, -0.15) is 5.10 Å². The molecule has 0 aliphatic carbocycles. The van der Waals surface area contributed by atoms with Crippen molar-refractivity contribution < 1.29 is 14.1 Å². The van der Waals surface area contributed by atoms with E-state index < -0.39 is 0 Å². The van der Waals surface area contributed by atoms with Crippen molar-refractivity contribution in [2.75, 3.05) is 5.32 Å². The second-order valence-electron chi connectivity index (χ2n) is 7.55. The van der Waals surface area contributed by atoms with Gasteiger partial charge in [-0.25, -0.2) is 0 Å². The number of para-hydroxylation sites is 1. The van der Waals surface area contributed by atoms with Gasteiger partial charge in [-0.15, -0.1) is 0 Å². The number of nitrogens with zero attached hydrogens (tertiary/aromatic N) is 3. The van der Waals surface area contributed by atoms with Crippen molar-refractivity contribution in [1.82, 2.24) is 14.9 Å². The minimum absolute atomic E-state index is 0.176. The normalized spacial score (nSPS) is 10.9. The molecule has 0 aliphatic rings. The molecule has 7 nitrogen and oxygen atoms in total. The minimum atomic E-state index is -0.390. The molecule has 8 heteroatoms. The van der Waals surface area contributed by atoms with Crippen LogP contribution >= 0.6 is 11.6 Å². The van der Waals surface area contributed by atoms with Gasteiger partial charge in [-0.05, 0) is 43.5 Å². The van der Waals surface area contributed by atoms with Crippen LogP contribution in [0, 0.1) is 20.8 Å². The molecule has 1 amide bonds. The Balaban J connectivity index is 1.46. The molecule has 2 aromatic carbocycles. The lowest BCUT2D eigenvalue weighted by Gasteiger charge is -2.12. The molecule has 0 aliphatic heterocycles. The van der Waals surface area contributed by atoms with E-state index in [-0.39, 0.29) is 18.2 Å². The molecule has 164 valence electrons. The summed E-state index contributed by atoms with van der Waals surface area (Å²) in [4.78, 5) is 12.9. The van der Waals surface area contributed by atoms with Crippen LogP contribution in [0.4, 0.5) is 5.69 Å². The first-order valence-corrected chi connectivity index (χ1v) is 10.5. The van der Waals surface area contributed by atoms with Crippen LogP contribution in [-0.2, 0) is 13.2 Å². The summed E-state index contributed by atoms with van der Waals surface area (Å²) >= 11 is 6.22. The van der Waals surface area contributed by atoms with E-state index >= 15 is 0 Å². The molecule has 32 heavy (non-hydrogen) atoms. The topological polar surface area (TPSA) is 82.2 Å². The number of hydrogen-bond donors (Lipinski definition) is 1. The standard InChI is InChI=1S/C24H23ClN4O3/c1-15-7-6-8-16(2)23(15)31-14-20-17(3)32-28-22(20)24(30)27-19-11-26-29(13-19)12-18-9-4-5-10-21(18)25/h4-11,13H,12,14H2,1-3H3,(H,27,30). The molecule has 4 rings (SSSR count). The van der Waals surface area contributed by atoms with Gasteiger partial charge in [0.15, 0.2) is 5.69 Å². The summed E-state index contributed by atoms with van der Waals surface area (Å²) in [5, 5.41) is 11.7. The second kappa shape index (κ2) is 9.28. The van der Waals surface area contributed by atoms with Gasteiger partial charge < -0.3 is 14.6 Å². The van der Waals surface area contributed by atoms with E-state index in [1.165, 1.54) is 0 Å². The minimum Gasteiger partial charge on any atom is -0.488 e. The predicted molar refractivity (Wildman–Crippen MR) is 122 cm³/mol. The Hall–Kier alpha value is -3.58. The van der Waals surface area contributed by atoms with Crippen LogP contribution < -0.4 is 10.1 Å². The van der Waals surface area contributed by atoms with Crippen LogP contribution in [0.15, 0.2) is 59.4 Å². The summed E-state index contributed by atoms with van der Waals surface area (Å²) in [5.74, 6) is 0.940. The first-order chi connectivity index (χ1) is 15.4. The highest BCUT2D eigenvalue weighted by Gasteiger charge is 2.21. The molecular weight excluding hydrogens is 428 g/mol. The molecule has 0 saturated carbocycles. The maximum Gasteiger partial charge on any atom is 0.278 e. The van der Waals surface area contributed by atoms with Crippen LogP contribution in [0.25, 0.3) is 0 Å². The molecule has 0 unspecified atom stereocenters. The van der Waals surface area contributed by atoms with Gasteiger partial charge in [-0.1, -0.05) is 53.2 Å². The van der Waals surface area contributed by atoms with E-state index in [2.05, 4.69) is 15.6 Å². The van der Waals surface area contributed by atoms with Crippen LogP contribution in [-0.4, -0.2) is 20.8 Å². The number of anilines is 1. The number of nitrogens with one attached hydrogen (secondary N) is 1. The van der Waals surface area contributed by atoms with Crippen LogP contribution in [0.3, 0.4) is 0 Å². The van der Waals surface area contributed by atoms with Crippen molar-refractivity contribution in [3.8, 4) is 5.75 Å². The van der Waals surface area contributed by atoms with E-state index in [0.29, 0.717) is 28.6 Å². The Morgan fingerprint density at radius 2 is 1.88 bits per heavy atom. The molecule has 0 atom stereocenters. The zero-order valence-corrected chi connectivity index (χ0v) is 18.8. The SMILES string of the molecule is Cc1cccc(C)c1OCc1c(C(=O)Nc2cnn(Cc3ccccc3Cl)c2)noc1C. The largest absolute Gasteiger partial charge is 0.488 e. The summed E-state index contributed by atoms with van der Waals surface area (Å²) in [5.41, 5.74) is 4.32. The number of carbonyl (C=O) groups is 1. The summed E-state index contributed by atoms with van der Waals surface area (Å²) < 4.78 is 13.0. The van der Waals surface area contributed by atoms with E-state index in [1.54, 1.807) is 24.0 Å². The lowest BCUT2D eigenvalue weighted by Crippen LogP contribution is -2.15. The highest BCUT2D eigenvalue weighted by molar-refractivity contribution is 6.31. The fourth-order valence-electron chi connectivity index (χ4n) is 3.42. The zero-order chi connectivity index (χ0) is 22.7. The number of hydrogen-bond acceptors (Lipinski definition) is 5. The molecule has 2 heterocycles. The summed E-state index contributed by atoms with van der Waals surface area (Å²) in [7, 11) is 0. The molecule has 0 spiro atoms. The Morgan fingerprint density at radius 1 is 1.12 bits per heavy atom. The summed E-state index contributed by atoms with van der Waals surface area (Å²) in [6, 6.07) is 13.5. The van der Waals surface area contributed by atoms with Gasteiger partial charge >= 0.3 is 0 Å². The predicted octanol–water partition coefficient (Wildman–Crippen LogP) is 5.33. The number of amides is 1. The Bertz CT molecular complexity index is 1240. The average molecular weight is 451 g/mol. The van der Waals surface area contributed by atoms with Gasteiger partial charge in [0, 0.05) is 11.2 Å². The first-order valence-electron chi connectivity index (χ1n) is 10.1. The van der Waals surface area contributed by atoms with Crippen molar-refractivity contribution in [3.05, 3.63) is 93.6 Å². The molecule has 2 aromatic heterocycles. The highest BCUT2D eigenvalue weighted by Crippen LogP contribution is 2.25. The van der Waals surface area contributed by atoms with E-state index in [4.69, 9.17) is 20.9 Å². The molecule has 4 aromatic rings. The Labute approximate surface area is 190 Å². The highest BCUT2D eigenvalue weighted by atomic mass is 35.5. The maximum atomic E-state index is 12.9. The van der Waals surface area contributed by atoms with E-state index in [9.17, 15) is 4.79 Å². The number of rotatable bonds is 7. The van der Waals surface area contributed by atoms with Crippen molar-refractivity contribution >= 4 is 23.2 Å². The smallest absolute Gasteiger partial charge is 0.278 e. The monoisotopic (exact) mass is 450 g/mol. The van der Waals surface area contributed by atoms with Crippen LogP contribution in [0.2, 0.25) is 5.02 Å². The fourth-order valence-corrected chi connectivity index (χ4v) is 3.61. The Kier molecular flexibility index (Phi) is 6.28. The van der Waals surface area contributed by atoms with Gasteiger partial charge in [0.1, 0.15) is 18.1 Å². The number of carbonyl (C=O) groups excluding carboxylic acids is 1. The van der Waals surface area contributed by atoms with Crippen molar-refractivity contribution in [3.63, 3.8) is 0 Å². The van der Waals surface area contributed by atoms with Gasteiger partial charge in [0.2, 0.25) is 0 Å². The van der Waals surface area contributed by atoms with Crippen LogP contribution in [0.1, 0.15) is 38.5 Å². The van der Waals surface area contributed by atoms with Crippen LogP contribution in [0.5, 0.6) is 5.75 Å². The first kappa shape index (κ1) is 21.6. The summed E-state index contributed by atoms with van der Waals surface area (Å²) in [6.07, 6.45) is 3.32. The quantitative estimate of drug-likeness (QED) is 0.411. The number of halogens is 1. The number of benzene rings is 2. The van der Waals surface area contributed by atoms with Crippen molar-refractivity contribution in [1.29, 1.82) is 0 Å². The number of aryl methyl sites for hydroxylation is 3. The van der Waals surface area contributed by atoms with Crippen molar-refractivity contribution in [2.24, 2.45) is 0 Å². The third-order valence-corrected chi connectivity index (χ3v) is 5.52. The molecule has 1 N–H and O–H groups in total. The lowest BCUT2D eigenvalue weighted by molar-refractivity contribution is 0.101. The molecule has 0 fully saturated rings. The second-order valence-corrected chi connectivity index (χ2v) is 7.95. The molecule has 0 radical (unpaired) electrons. The lowest BCUT2D eigenvalue weighted by atomic mass is 10.1. The Morgan fingerprint density at radius 3 is 2.62 bits per heavy atom. The molecule has 0 bridgehead atoms. The van der Waals surface area contributed by atoms with Gasteiger partial charge in [0.25, 0.3) is 5.91 Å². The number of aromatic nitrogens is 3. The van der Waals surface area contributed by atoms with E-state index in [0.717, 1.165) is 22.4 Å². The zero-order valence-electron chi connectivity index (χ0n) is 18.1. The van der Waals surface area contributed by atoms with E-state index in [1.807, 2.05) is 56.3 Å². The fraction of sp³-hybridized carbons (Fsp3) is 0.208. The van der Waals surface area contributed by atoms with Gasteiger partial charge in [-0.3, -0.25) is 9.48 Å². The third kappa shape index (κ3) is 4.68. The number of ether oxygens (including phenoxy) is 1. The third-order valence-electron chi connectivity index (χ3n) is 5.15. The van der Waals surface area contributed by atoms with Crippen molar-refractivity contribution in [2.45, 2.75) is 33.9 Å².